The Labute approximate surface area is 115 Å². The average Bonchev–Trinajstić information content (AvgIpc) is 2.38. The second-order valence-corrected chi connectivity index (χ2v) is 5.15. The topological polar surface area (TPSA) is 41.1 Å². The van der Waals surface area contributed by atoms with Gasteiger partial charge in [-0.25, -0.2) is 0 Å². The van der Waals surface area contributed by atoms with Gasteiger partial charge in [-0.3, -0.25) is 4.79 Å². The summed E-state index contributed by atoms with van der Waals surface area (Å²) in [4.78, 5) is 12.0. The molecule has 2 rings (SSSR count). The van der Waals surface area contributed by atoms with E-state index in [2.05, 4.69) is 10.6 Å². The van der Waals surface area contributed by atoms with Gasteiger partial charge in [-0.2, -0.15) is 13.2 Å². The molecule has 2 unspecified atom stereocenters. The molecule has 1 heterocycles. The molecule has 110 valence electrons. The zero-order chi connectivity index (χ0) is 14.8. The maximum atomic E-state index is 12.6. The Morgan fingerprint density at radius 1 is 1.35 bits per heavy atom. The normalized spacial score (nSPS) is 23.4. The summed E-state index contributed by atoms with van der Waals surface area (Å²) in [5.41, 5.74) is -0.575. The van der Waals surface area contributed by atoms with Gasteiger partial charge in [0, 0.05) is 18.3 Å². The van der Waals surface area contributed by atoms with Crippen molar-refractivity contribution in [2.45, 2.75) is 32.0 Å². The molecule has 2 N–H and O–H groups in total. The lowest BCUT2D eigenvalue weighted by atomic mass is 9.94. The minimum Gasteiger partial charge on any atom is -0.326 e. The van der Waals surface area contributed by atoms with Crippen LogP contribution in [0.5, 0.6) is 0 Å². The van der Waals surface area contributed by atoms with E-state index in [9.17, 15) is 18.0 Å². The van der Waals surface area contributed by atoms with Crippen molar-refractivity contribution in [2.75, 3.05) is 11.9 Å². The van der Waals surface area contributed by atoms with E-state index in [1.54, 1.807) is 0 Å². The molecule has 0 aliphatic carbocycles. The first-order valence-electron chi connectivity index (χ1n) is 6.58. The lowest BCUT2D eigenvalue weighted by Gasteiger charge is -2.26. The molecule has 0 bridgehead atoms. The molecule has 6 heteroatoms. The maximum Gasteiger partial charge on any atom is 0.416 e. The Morgan fingerprint density at radius 2 is 2.10 bits per heavy atom. The van der Waals surface area contributed by atoms with E-state index in [-0.39, 0.29) is 17.5 Å². The van der Waals surface area contributed by atoms with Gasteiger partial charge in [0.2, 0.25) is 5.91 Å². The monoisotopic (exact) mass is 286 g/mol. The Morgan fingerprint density at radius 3 is 2.70 bits per heavy atom. The Bertz CT molecular complexity index is 480. The van der Waals surface area contributed by atoms with E-state index in [0.717, 1.165) is 25.0 Å². The molecule has 1 fully saturated rings. The first-order valence-corrected chi connectivity index (χ1v) is 6.58. The Balaban J connectivity index is 2.01. The van der Waals surface area contributed by atoms with Crippen molar-refractivity contribution in [1.29, 1.82) is 0 Å². The van der Waals surface area contributed by atoms with Crippen LogP contribution in [0, 0.1) is 5.92 Å². The molecule has 1 amide bonds. The summed E-state index contributed by atoms with van der Waals surface area (Å²) < 4.78 is 37.7. The van der Waals surface area contributed by atoms with Gasteiger partial charge in [-0.1, -0.05) is 6.07 Å². The number of carbonyl (C=O) groups excluding carboxylic acids is 1. The summed E-state index contributed by atoms with van der Waals surface area (Å²) >= 11 is 0. The molecule has 1 saturated heterocycles. The zero-order valence-electron chi connectivity index (χ0n) is 11.1. The molecule has 1 aromatic rings. The summed E-state index contributed by atoms with van der Waals surface area (Å²) in [6.07, 6.45) is -2.76. The number of halogens is 3. The van der Waals surface area contributed by atoms with Crippen LogP contribution in [0.15, 0.2) is 24.3 Å². The predicted molar refractivity (Wildman–Crippen MR) is 70.3 cm³/mol. The van der Waals surface area contributed by atoms with E-state index >= 15 is 0 Å². The van der Waals surface area contributed by atoms with Gasteiger partial charge in [0.25, 0.3) is 0 Å². The molecule has 0 saturated carbocycles. The van der Waals surface area contributed by atoms with E-state index in [0.29, 0.717) is 12.6 Å². The molecule has 0 radical (unpaired) electrons. The number of rotatable bonds is 2. The number of anilines is 1. The van der Waals surface area contributed by atoms with E-state index in [1.807, 2.05) is 6.92 Å². The quantitative estimate of drug-likeness (QED) is 0.877. The molecule has 3 nitrogen and oxygen atoms in total. The van der Waals surface area contributed by atoms with Gasteiger partial charge in [0.05, 0.1) is 11.5 Å². The molecule has 1 aromatic carbocycles. The highest BCUT2D eigenvalue weighted by molar-refractivity contribution is 5.92. The van der Waals surface area contributed by atoms with Gasteiger partial charge in [-0.15, -0.1) is 0 Å². The lowest BCUT2D eigenvalue weighted by Crippen LogP contribution is -2.41. The van der Waals surface area contributed by atoms with Gasteiger partial charge in [-0.05, 0) is 38.0 Å². The molecular weight excluding hydrogens is 269 g/mol. The highest BCUT2D eigenvalue weighted by Gasteiger charge is 2.31. The predicted octanol–water partition coefficient (Wildman–Crippen LogP) is 3.03. The third-order valence-electron chi connectivity index (χ3n) is 3.49. The fourth-order valence-electron chi connectivity index (χ4n) is 2.24. The minimum atomic E-state index is -4.40. The van der Waals surface area contributed by atoms with Crippen LogP contribution in [0.3, 0.4) is 0 Å². The van der Waals surface area contributed by atoms with Crippen molar-refractivity contribution in [3.8, 4) is 0 Å². The van der Waals surface area contributed by atoms with Crippen LogP contribution in [0.25, 0.3) is 0 Å². The number of piperidine rings is 1. The standard InChI is InChI=1S/C14H17F3N2O/c1-9-5-6-10(8-18-9)13(20)19-12-4-2-3-11(7-12)14(15,16)17/h2-4,7,9-10,18H,5-6,8H2,1H3,(H,19,20). The highest BCUT2D eigenvalue weighted by Crippen LogP contribution is 2.30. The third kappa shape index (κ3) is 3.72. The van der Waals surface area contributed by atoms with Crippen LogP contribution < -0.4 is 10.6 Å². The van der Waals surface area contributed by atoms with E-state index < -0.39 is 11.7 Å². The molecule has 1 aliphatic heterocycles. The number of amides is 1. The minimum absolute atomic E-state index is 0.184. The van der Waals surface area contributed by atoms with Crippen molar-refractivity contribution in [1.82, 2.24) is 5.32 Å². The Hall–Kier alpha value is -1.56. The van der Waals surface area contributed by atoms with Crippen LogP contribution in [0.4, 0.5) is 18.9 Å². The summed E-state index contributed by atoms with van der Waals surface area (Å²) in [7, 11) is 0. The van der Waals surface area contributed by atoms with Gasteiger partial charge in [0.15, 0.2) is 0 Å². The van der Waals surface area contributed by atoms with Crippen LogP contribution >= 0.6 is 0 Å². The molecule has 0 spiro atoms. The molecule has 20 heavy (non-hydrogen) atoms. The Kier molecular flexibility index (Phi) is 4.32. The van der Waals surface area contributed by atoms with Gasteiger partial charge in [0.1, 0.15) is 0 Å². The van der Waals surface area contributed by atoms with Crippen LogP contribution in [0.1, 0.15) is 25.3 Å². The van der Waals surface area contributed by atoms with Crippen molar-refractivity contribution >= 4 is 11.6 Å². The largest absolute Gasteiger partial charge is 0.416 e. The van der Waals surface area contributed by atoms with Gasteiger partial charge < -0.3 is 10.6 Å². The number of nitrogens with one attached hydrogen (secondary N) is 2. The fourth-order valence-corrected chi connectivity index (χ4v) is 2.24. The molecule has 1 aliphatic rings. The maximum absolute atomic E-state index is 12.6. The van der Waals surface area contributed by atoms with Crippen LogP contribution in [0.2, 0.25) is 0 Å². The molecule has 2 atom stereocenters. The number of benzene rings is 1. The zero-order valence-corrected chi connectivity index (χ0v) is 11.1. The van der Waals surface area contributed by atoms with Crippen molar-refractivity contribution in [3.63, 3.8) is 0 Å². The van der Waals surface area contributed by atoms with Gasteiger partial charge >= 0.3 is 6.18 Å². The average molecular weight is 286 g/mol. The summed E-state index contributed by atoms with van der Waals surface area (Å²) in [5, 5.41) is 5.75. The second-order valence-electron chi connectivity index (χ2n) is 5.15. The number of hydrogen-bond donors (Lipinski definition) is 2. The highest BCUT2D eigenvalue weighted by atomic mass is 19.4. The summed E-state index contributed by atoms with van der Waals surface area (Å²) in [5.74, 6) is -0.426. The van der Waals surface area contributed by atoms with Crippen LogP contribution in [-0.4, -0.2) is 18.5 Å². The SMILES string of the molecule is CC1CCC(C(=O)Nc2cccc(C(F)(F)F)c2)CN1. The number of alkyl halides is 3. The van der Waals surface area contributed by atoms with Crippen LogP contribution in [-0.2, 0) is 11.0 Å². The first-order chi connectivity index (χ1) is 9.36. The first kappa shape index (κ1) is 14.8. The summed E-state index contributed by atoms with van der Waals surface area (Å²) in [6.45, 7) is 2.60. The third-order valence-corrected chi connectivity index (χ3v) is 3.49. The molecular formula is C14H17F3N2O. The van der Waals surface area contributed by atoms with Crippen molar-refractivity contribution in [2.24, 2.45) is 5.92 Å². The second kappa shape index (κ2) is 5.83. The van der Waals surface area contributed by atoms with E-state index in [4.69, 9.17) is 0 Å². The smallest absolute Gasteiger partial charge is 0.326 e. The summed E-state index contributed by atoms with van der Waals surface area (Å²) in [6, 6.07) is 5.08. The fraction of sp³-hybridized carbons (Fsp3) is 0.500. The number of carbonyl (C=O) groups is 1. The van der Waals surface area contributed by atoms with Crippen molar-refractivity contribution in [3.05, 3.63) is 29.8 Å². The molecule has 0 aromatic heterocycles. The van der Waals surface area contributed by atoms with E-state index in [1.165, 1.54) is 12.1 Å². The lowest BCUT2D eigenvalue weighted by molar-refractivity contribution is -0.137. The number of hydrogen-bond acceptors (Lipinski definition) is 2. The van der Waals surface area contributed by atoms with Crippen molar-refractivity contribution < 1.29 is 18.0 Å².